The van der Waals surface area contributed by atoms with E-state index in [4.69, 9.17) is 9.47 Å². The zero-order valence-corrected chi connectivity index (χ0v) is 10.5. The van der Waals surface area contributed by atoms with Crippen molar-refractivity contribution in [1.29, 1.82) is 0 Å². The fourth-order valence-corrected chi connectivity index (χ4v) is 2.12. The highest BCUT2D eigenvalue weighted by Crippen LogP contribution is 2.29. The Balaban J connectivity index is 1.72. The summed E-state index contributed by atoms with van der Waals surface area (Å²) < 4.78 is 10.9. The number of rotatable bonds is 6. The Hall–Kier alpha value is -1.13. The topological polar surface area (TPSA) is 43.4 Å². The van der Waals surface area contributed by atoms with Crippen LogP contribution in [0.1, 0.15) is 18.5 Å². The summed E-state index contributed by atoms with van der Waals surface area (Å²) in [6, 6.07) is 5.75. The third-order valence-corrected chi connectivity index (χ3v) is 3.14. The lowest BCUT2D eigenvalue weighted by molar-refractivity contribution is -0.0403. The highest BCUT2D eigenvalue weighted by molar-refractivity contribution is 5.15. The van der Waals surface area contributed by atoms with Crippen LogP contribution >= 0.6 is 0 Å². The van der Waals surface area contributed by atoms with E-state index in [1.165, 1.54) is 0 Å². The third-order valence-electron chi connectivity index (χ3n) is 3.14. The zero-order chi connectivity index (χ0) is 12.1. The zero-order valence-electron chi connectivity index (χ0n) is 10.5. The van der Waals surface area contributed by atoms with Crippen molar-refractivity contribution >= 4 is 0 Å². The van der Waals surface area contributed by atoms with Gasteiger partial charge in [0.1, 0.15) is 0 Å². The minimum absolute atomic E-state index is 0.404. The fraction of sp³-hybridized carbons (Fsp3) is 0.615. The molecule has 0 saturated heterocycles. The maximum absolute atomic E-state index is 5.79. The smallest absolute Gasteiger partial charge is 0.213 e. The second kappa shape index (κ2) is 5.98. The molecule has 1 aromatic heterocycles. The summed E-state index contributed by atoms with van der Waals surface area (Å²) in [5.41, 5.74) is 0.932. The van der Waals surface area contributed by atoms with Crippen LogP contribution in [0, 0.1) is 5.92 Å². The first-order valence-electron chi connectivity index (χ1n) is 6.08. The van der Waals surface area contributed by atoms with Crippen LogP contribution in [0.3, 0.4) is 0 Å². The van der Waals surface area contributed by atoms with Crippen LogP contribution in [0.4, 0.5) is 0 Å². The fourth-order valence-electron chi connectivity index (χ4n) is 2.12. The van der Waals surface area contributed by atoms with Crippen LogP contribution in [0.5, 0.6) is 5.88 Å². The van der Waals surface area contributed by atoms with E-state index in [9.17, 15) is 0 Å². The molecule has 0 unspecified atom stereocenters. The van der Waals surface area contributed by atoms with Crippen LogP contribution in [-0.4, -0.2) is 31.8 Å². The summed E-state index contributed by atoms with van der Waals surface area (Å²) in [5, 5.41) is 3.19. The molecule has 4 heteroatoms. The standard InChI is InChI=1S/C13H20N2O2/c1-14-8-10-6-12(7-10)17-9-11-4-3-5-13(15-11)16-2/h3-5,10,12,14H,6-9H2,1-2H3. The van der Waals surface area contributed by atoms with Gasteiger partial charge < -0.3 is 14.8 Å². The van der Waals surface area contributed by atoms with Crippen LogP contribution in [0.15, 0.2) is 18.2 Å². The van der Waals surface area contributed by atoms with Crippen molar-refractivity contribution < 1.29 is 9.47 Å². The summed E-state index contributed by atoms with van der Waals surface area (Å²) in [6.45, 7) is 1.67. The first-order chi connectivity index (χ1) is 8.31. The van der Waals surface area contributed by atoms with Crippen molar-refractivity contribution in [3.63, 3.8) is 0 Å². The number of pyridine rings is 1. The molecule has 17 heavy (non-hydrogen) atoms. The molecule has 0 spiro atoms. The predicted molar refractivity (Wildman–Crippen MR) is 66.0 cm³/mol. The molecule has 1 aromatic rings. The van der Waals surface area contributed by atoms with Crippen LogP contribution in [0.2, 0.25) is 0 Å². The number of aromatic nitrogens is 1. The van der Waals surface area contributed by atoms with E-state index >= 15 is 0 Å². The Morgan fingerprint density at radius 1 is 1.41 bits per heavy atom. The average molecular weight is 236 g/mol. The second-order valence-corrected chi connectivity index (χ2v) is 4.50. The maximum Gasteiger partial charge on any atom is 0.213 e. The van der Waals surface area contributed by atoms with Gasteiger partial charge in [-0.15, -0.1) is 0 Å². The first kappa shape index (κ1) is 12.3. The summed E-state index contributed by atoms with van der Waals surface area (Å²) in [5.74, 6) is 1.43. The van der Waals surface area contributed by atoms with E-state index in [2.05, 4.69) is 10.3 Å². The molecule has 0 atom stereocenters. The summed E-state index contributed by atoms with van der Waals surface area (Å²) in [4.78, 5) is 4.32. The Morgan fingerprint density at radius 2 is 2.24 bits per heavy atom. The molecule has 1 heterocycles. The van der Waals surface area contributed by atoms with Crippen molar-refractivity contribution in [2.45, 2.75) is 25.6 Å². The molecule has 1 N–H and O–H groups in total. The SMILES string of the molecule is CNCC1CC(OCc2cccc(OC)n2)C1. The van der Waals surface area contributed by atoms with Gasteiger partial charge in [0, 0.05) is 6.07 Å². The number of hydrogen-bond donors (Lipinski definition) is 1. The second-order valence-electron chi connectivity index (χ2n) is 4.50. The number of hydrogen-bond acceptors (Lipinski definition) is 4. The number of nitrogens with one attached hydrogen (secondary N) is 1. The van der Waals surface area contributed by atoms with Gasteiger partial charge in [-0.1, -0.05) is 6.07 Å². The molecule has 0 bridgehead atoms. The Morgan fingerprint density at radius 3 is 2.94 bits per heavy atom. The van der Waals surface area contributed by atoms with Gasteiger partial charge in [-0.3, -0.25) is 0 Å². The lowest BCUT2D eigenvalue weighted by Gasteiger charge is -2.34. The van der Waals surface area contributed by atoms with Gasteiger partial charge in [0.15, 0.2) is 0 Å². The van der Waals surface area contributed by atoms with E-state index < -0.39 is 0 Å². The molecular formula is C13H20N2O2. The van der Waals surface area contributed by atoms with Crippen molar-refractivity contribution in [1.82, 2.24) is 10.3 Å². The normalized spacial score (nSPS) is 23.2. The van der Waals surface area contributed by atoms with E-state index in [-0.39, 0.29) is 0 Å². The molecule has 0 aliphatic heterocycles. The van der Waals surface area contributed by atoms with Gasteiger partial charge in [-0.25, -0.2) is 4.98 Å². The average Bonchev–Trinajstić information content (AvgIpc) is 2.32. The van der Waals surface area contributed by atoms with Gasteiger partial charge in [-0.2, -0.15) is 0 Å². The van der Waals surface area contributed by atoms with E-state index in [0.29, 0.717) is 18.6 Å². The van der Waals surface area contributed by atoms with Gasteiger partial charge in [-0.05, 0) is 38.4 Å². The monoisotopic (exact) mass is 236 g/mol. The van der Waals surface area contributed by atoms with Gasteiger partial charge >= 0.3 is 0 Å². The van der Waals surface area contributed by atoms with Gasteiger partial charge in [0.25, 0.3) is 0 Å². The molecule has 1 aliphatic rings. The molecule has 2 rings (SSSR count). The molecule has 94 valence electrons. The number of nitrogens with zero attached hydrogens (tertiary/aromatic N) is 1. The molecule has 0 radical (unpaired) electrons. The van der Waals surface area contributed by atoms with Crippen molar-refractivity contribution in [3.8, 4) is 5.88 Å². The molecule has 0 aromatic carbocycles. The minimum atomic E-state index is 0.404. The highest BCUT2D eigenvalue weighted by Gasteiger charge is 2.29. The molecule has 1 fully saturated rings. The Labute approximate surface area is 102 Å². The maximum atomic E-state index is 5.79. The molecule has 0 amide bonds. The largest absolute Gasteiger partial charge is 0.481 e. The van der Waals surface area contributed by atoms with Crippen LogP contribution < -0.4 is 10.1 Å². The molecule has 1 saturated carbocycles. The van der Waals surface area contributed by atoms with E-state index in [0.717, 1.165) is 31.0 Å². The summed E-state index contributed by atoms with van der Waals surface area (Å²) in [7, 11) is 3.62. The summed E-state index contributed by atoms with van der Waals surface area (Å²) >= 11 is 0. The third kappa shape index (κ3) is 3.41. The van der Waals surface area contributed by atoms with Crippen molar-refractivity contribution in [3.05, 3.63) is 23.9 Å². The lowest BCUT2D eigenvalue weighted by Crippen LogP contribution is -2.36. The van der Waals surface area contributed by atoms with Crippen LogP contribution in [-0.2, 0) is 11.3 Å². The lowest BCUT2D eigenvalue weighted by atomic mass is 9.82. The Bertz CT molecular complexity index is 351. The van der Waals surface area contributed by atoms with Crippen molar-refractivity contribution in [2.75, 3.05) is 20.7 Å². The van der Waals surface area contributed by atoms with E-state index in [1.54, 1.807) is 7.11 Å². The highest BCUT2D eigenvalue weighted by atomic mass is 16.5. The first-order valence-corrected chi connectivity index (χ1v) is 6.08. The summed E-state index contributed by atoms with van der Waals surface area (Å²) in [6.07, 6.45) is 2.72. The number of methoxy groups -OCH3 is 1. The van der Waals surface area contributed by atoms with Gasteiger partial charge in [0.05, 0.1) is 25.5 Å². The van der Waals surface area contributed by atoms with Crippen LogP contribution in [0.25, 0.3) is 0 Å². The van der Waals surface area contributed by atoms with Crippen molar-refractivity contribution in [2.24, 2.45) is 5.92 Å². The molecular weight excluding hydrogens is 216 g/mol. The Kier molecular flexibility index (Phi) is 4.34. The van der Waals surface area contributed by atoms with E-state index in [1.807, 2.05) is 25.2 Å². The quantitative estimate of drug-likeness (QED) is 0.815. The minimum Gasteiger partial charge on any atom is -0.481 e. The predicted octanol–water partition coefficient (Wildman–Crippen LogP) is 1.60. The molecule has 1 aliphatic carbocycles. The number of ether oxygens (including phenoxy) is 2. The molecule has 4 nitrogen and oxygen atoms in total. The van der Waals surface area contributed by atoms with Gasteiger partial charge in [0.2, 0.25) is 5.88 Å².